The van der Waals surface area contributed by atoms with E-state index in [0.717, 1.165) is 23.4 Å². The van der Waals surface area contributed by atoms with Gasteiger partial charge in [-0.1, -0.05) is 11.6 Å². The van der Waals surface area contributed by atoms with Crippen LogP contribution in [0.5, 0.6) is 0 Å². The lowest BCUT2D eigenvalue weighted by Crippen LogP contribution is -2.23. The Labute approximate surface area is 186 Å². The van der Waals surface area contributed by atoms with E-state index >= 15 is 0 Å². The highest BCUT2D eigenvalue weighted by Gasteiger charge is 2.17. The van der Waals surface area contributed by atoms with Crippen LogP contribution < -0.4 is 10.2 Å². The number of carbonyl (C=O) groups excluding carboxylic acids is 1. The molecule has 0 aliphatic heterocycles. The van der Waals surface area contributed by atoms with E-state index in [1.807, 2.05) is 37.5 Å². The van der Waals surface area contributed by atoms with Gasteiger partial charge in [0.1, 0.15) is 0 Å². The van der Waals surface area contributed by atoms with E-state index in [9.17, 15) is 14.7 Å². The van der Waals surface area contributed by atoms with Crippen molar-refractivity contribution in [1.82, 2.24) is 9.78 Å². The summed E-state index contributed by atoms with van der Waals surface area (Å²) >= 11 is 5.86. The van der Waals surface area contributed by atoms with Crippen LogP contribution >= 0.6 is 11.6 Å². The first kappa shape index (κ1) is 22.4. The number of carbonyl (C=O) groups is 2. The summed E-state index contributed by atoms with van der Waals surface area (Å²) in [6.45, 7) is 4.63. The molecule has 2 N–H and O–H groups in total. The van der Waals surface area contributed by atoms with Gasteiger partial charge in [0, 0.05) is 42.6 Å². The number of hydrogen-bond acceptors (Lipinski definition) is 4. The number of rotatable bonds is 7. The largest absolute Gasteiger partial charge is 0.478 e. The normalized spacial score (nSPS) is 10.7. The molecule has 0 saturated heterocycles. The topological polar surface area (TPSA) is 87.5 Å². The van der Waals surface area contributed by atoms with Crippen molar-refractivity contribution in [3.05, 3.63) is 75.6 Å². The average Bonchev–Trinajstić information content (AvgIpc) is 2.97. The highest BCUT2D eigenvalue weighted by molar-refractivity contribution is 6.30. The molecule has 1 amide bonds. The zero-order valence-electron chi connectivity index (χ0n) is 17.9. The van der Waals surface area contributed by atoms with Crippen molar-refractivity contribution in [2.75, 3.05) is 23.8 Å². The summed E-state index contributed by atoms with van der Waals surface area (Å²) < 4.78 is 1.85. The van der Waals surface area contributed by atoms with E-state index in [-0.39, 0.29) is 11.5 Å². The number of amides is 1. The molecule has 3 rings (SSSR count). The Hall–Kier alpha value is -3.32. The van der Waals surface area contributed by atoms with Gasteiger partial charge in [-0.15, -0.1) is 0 Å². The van der Waals surface area contributed by atoms with E-state index in [2.05, 4.69) is 10.4 Å². The first-order valence-corrected chi connectivity index (χ1v) is 10.2. The second-order valence-electron chi connectivity index (χ2n) is 7.44. The standard InChI is InChI=1S/C23H25ClN4O3/c1-14-19(15(2)28(4)26-14)11-12-27(3)21-10-9-18(13-20(21)23(30)31)25-22(29)16-5-7-17(24)8-6-16/h5-10,13H,11-12H2,1-4H3,(H,25,29)(H,30,31). The number of nitrogens with zero attached hydrogens (tertiary/aromatic N) is 3. The molecule has 0 unspecified atom stereocenters. The molecule has 2 aromatic carbocycles. The number of benzene rings is 2. The van der Waals surface area contributed by atoms with Crippen molar-refractivity contribution in [2.24, 2.45) is 7.05 Å². The molecule has 0 aliphatic carbocycles. The third kappa shape index (κ3) is 5.06. The summed E-state index contributed by atoms with van der Waals surface area (Å²) in [6.07, 6.45) is 0.746. The van der Waals surface area contributed by atoms with Gasteiger partial charge in [0.2, 0.25) is 0 Å². The molecule has 0 atom stereocenters. The first-order valence-electron chi connectivity index (χ1n) is 9.82. The second kappa shape index (κ2) is 9.22. The van der Waals surface area contributed by atoms with Gasteiger partial charge < -0.3 is 15.3 Å². The third-order valence-electron chi connectivity index (χ3n) is 5.36. The van der Waals surface area contributed by atoms with E-state index < -0.39 is 5.97 Å². The molecule has 1 aromatic heterocycles. The molecule has 1 heterocycles. The number of halogens is 1. The van der Waals surface area contributed by atoms with Gasteiger partial charge in [-0.05, 0) is 68.3 Å². The number of aryl methyl sites for hydroxylation is 2. The molecule has 0 spiro atoms. The van der Waals surface area contributed by atoms with Crippen molar-refractivity contribution in [2.45, 2.75) is 20.3 Å². The van der Waals surface area contributed by atoms with E-state index in [1.54, 1.807) is 36.4 Å². The Morgan fingerprint density at radius 2 is 1.84 bits per heavy atom. The molecule has 162 valence electrons. The molecule has 0 radical (unpaired) electrons. The molecule has 0 bridgehead atoms. The smallest absolute Gasteiger partial charge is 0.337 e. The van der Waals surface area contributed by atoms with Crippen molar-refractivity contribution < 1.29 is 14.7 Å². The van der Waals surface area contributed by atoms with E-state index in [0.29, 0.717) is 28.5 Å². The number of aromatic nitrogens is 2. The van der Waals surface area contributed by atoms with Crippen LogP contribution in [0.1, 0.15) is 37.7 Å². The average molecular weight is 441 g/mol. The SMILES string of the molecule is Cc1nn(C)c(C)c1CCN(C)c1ccc(NC(=O)c2ccc(Cl)cc2)cc1C(=O)O. The Kier molecular flexibility index (Phi) is 6.65. The summed E-state index contributed by atoms with van der Waals surface area (Å²) in [4.78, 5) is 26.2. The lowest BCUT2D eigenvalue weighted by molar-refractivity contribution is 0.0697. The van der Waals surface area contributed by atoms with Crippen LogP contribution in [-0.4, -0.2) is 40.4 Å². The summed E-state index contributed by atoms with van der Waals surface area (Å²) in [7, 11) is 3.77. The molecule has 7 nitrogen and oxygen atoms in total. The van der Waals surface area contributed by atoms with Crippen LogP contribution in [0.25, 0.3) is 0 Å². The zero-order chi connectivity index (χ0) is 22.7. The fourth-order valence-corrected chi connectivity index (χ4v) is 3.63. The highest BCUT2D eigenvalue weighted by atomic mass is 35.5. The lowest BCUT2D eigenvalue weighted by Gasteiger charge is -2.22. The fraction of sp³-hybridized carbons (Fsp3) is 0.261. The highest BCUT2D eigenvalue weighted by Crippen LogP contribution is 2.25. The molecule has 31 heavy (non-hydrogen) atoms. The van der Waals surface area contributed by atoms with Crippen molar-refractivity contribution in [1.29, 1.82) is 0 Å². The number of anilines is 2. The molecule has 0 aliphatic rings. The fourth-order valence-electron chi connectivity index (χ4n) is 3.50. The zero-order valence-corrected chi connectivity index (χ0v) is 18.7. The van der Waals surface area contributed by atoms with Crippen molar-refractivity contribution in [3.8, 4) is 0 Å². The summed E-state index contributed by atoms with van der Waals surface area (Å²) in [5.41, 5.74) is 4.79. The van der Waals surface area contributed by atoms with Crippen LogP contribution in [0.2, 0.25) is 5.02 Å². The van der Waals surface area contributed by atoms with Gasteiger partial charge in [0.15, 0.2) is 0 Å². The summed E-state index contributed by atoms with van der Waals surface area (Å²) in [6, 6.07) is 11.4. The number of carboxylic acid groups (broad SMARTS) is 1. The van der Waals surface area contributed by atoms with Crippen LogP contribution in [0.15, 0.2) is 42.5 Å². The number of hydrogen-bond donors (Lipinski definition) is 2. The van der Waals surface area contributed by atoms with Crippen molar-refractivity contribution >= 4 is 34.9 Å². The molecular formula is C23H25ClN4O3. The maximum Gasteiger partial charge on any atom is 0.337 e. The number of nitrogens with one attached hydrogen (secondary N) is 1. The second-order valence-corrected chi connectivity index (χ2v) is 7.88. The Morgan fingerprint density at radius 1 is 1.16 bits per heavy atom. The Morgan fingerprint density at radius 3 is 2.42 bits per heavy atom. The Balaban J connectivity index is 1.77. The maximum absolute atomic E-state index is 12.4. The van der Waals surface area contributed by atoms with Gasteiger partial charge in [-0.2, -0.15) is 5.10 Å². The minimum atomic E-state index is -1.06. The van der Waals surface area contributed by atoms with Gasteiger partial charge >= 0.3 is 5.97 Å². The predicted molar refractivity (Wildman–Crippen MR) is 122 cm³/mol. The van der Waals surface area contributed by atoms with Gasteiger partial charge in [-0.25, -0.2) is 4.79 Å². The van der Waals surface area contributed by atoms with Gasteiger partial charge in [0.25, 0.3) is 5.91 Å². The number of carboxylic acids is 1. The molecule has 0 fully saturated rings. The van der Waals surface area contributed by atoms with Crippen LogP contribution in [-0.2, 0) is 13.5 Å². The Bertz CT molecular complexity index is 1120. The van der Waals surface area contributed by atoms with E-state index in [1.165, 1.54) is 6.07 Å². The third-order valence-corrected chi connectivity index (χ3v) is 5.61. The molecule has 8 heteroatoms. The minimum Gasteiger partial charge on any atom is -0.478 e. The minimum absolute atomic E-state index is 0.121. The first-order chi connectivity index (χ1) is 14.7. The molecule has 0 saturated carbocycles. The van der Waals surface area contributed by atoms with Crippen molar-refractivity contribution in [3.63, 3.8) is 0 Å². The predicted octanol–water partition coefficient (Wildman–Crippen LogP) is 4.32. The summed E-state index contributed by atoms with van der Waals surface area (Å²) in [5, 5.41) is 17.4. The van der Waals surface area contributed by atoms with Gasteiger partial charge in [-0.3, -0.25) is 9.48 Å². The van der Waals surface area contributed by atoms with E-state index in [4.69, 9.17) is 11.6 Å². The quantitative estimate of drug-likeness (QED) is 0.571. The van der Waals surface area contributed by atoms with Crippen LogP contribution in [0.4, 0.5) is 11.4 Å². The maximum atomic E-state index is 12.4. The number of likely N-dealkylation sites (N-methyl/N-ethyl adjacent to an activating group) is 1. The molecular weight excluding hydrogens is 416 g/mol. The van der Waals surface area contributed by atoms with Crippen LogP contribution in [0, 0.1) is 13.8 Å². The summed E-state index contributed by atoms with van der Waals surface area (Å²) in [5.74, 6) is -1.39. The molecule has 3 aromatic rings. The lowest BCUT2D eigenvalue weighted by atomic mass is 10.1. The van der Waals surface area contributed by atoms with Crippen LogP contribution in [0.3, 0.4) is 0 Å². The number of aromatic carboxylic acids is 1. The monoisotopic (exact) mass is 440 g/mol. The van der Waals surface area contributed by atoms with Gasteiger partial charge in [0.05, 0.1) is 16.9 Å².